The number of hydrogen-bond acceptors (Lipinski definition) is 5. The number of piperidine rings is 1. The minimum Gasteiger partial charge on any atom is -0.356 e. The van der Waals surface area contributed by atoms with Crippen LogP contribution in [-0.4, -0.2) is 65.9 Å². The summed E-state index contributed by atoms with van der Waals surface area (Å²) in [7, 11) is 0. The molecule has 0 aromatic carbocycles. The number of carbonyl (C=O) groups excluding carboxylic acids is 4. The van der Waals surface area contributed by atoms with E-state index in [1.807, 2.05) is 19.9 Å². The summed E-state index contributed by atoms with van der Waals surface area (Å²) in [4.78, 5) is 51.4. The van der Waals surface area contributed by atoms with Crippen molar-refractivity contribution < 1.29 is 32.3 Å². The first-order valence-corrected chi connectivity index (χ1v) is 11.6. The van der Waals surface area contributed by atoms with E-state index in [2.05, 4.69) is 10.6 Å². The lowest BCUT2D eigenvalue weighted by atomic mass is 9.77. The van der Waals surface area contributed by atoms with Crippen molar-refractivity contribution in [3.05, 3.63) is 0 Å². The molecule has 3 N–H and O–H groups in total. The number of carbonyl (C=O) groups is 4. The molecule has 4 atom stereocenters. The first-order valence-electron chi connectivity index (χ1n) is 11.6. The molecule has 0 aromatic heterocycles. The minimum absolute atomic E-state index is 0.0979. The highest BCUT2D eigenvalue weighted by Gasteiger charge is 2.48. The molecule has 2 rings (SSSR count). The first kappa shape index (κ1) is 28.4. The van der Waals surface area contributed by atoms with Gasteiger partial charge < -0.3 is 20.9 Å². The van der Waals surface area contributed by atoms with Crippen LogP contribution in [0, 0.1) is 28.1 Å². The molecule has 2 heterocycles. The number of alkyl halides is 3. The maximum absolute atomic E-state index is 13.5. The summed E-state index contributed by atoms with van der Waals surface area (Å²) in [5.74, 6) is -4.25. The summed E-state index contributed by atoms with van der Waals surface area (Å²) >= 11 is 0. The number of nitrogens with zero attached hydrogens (tertiary/aromatic N) is 2. The van der Waals surface area contributed by atoms with Crippen LogP contribution in [0.3, 0.4) is 0 Å². The maximum atomic E-state index is 13.5. The van der Waals surface area contributed by atoms with Gasteiger partial charge in [-0.05, 0) is 36.5 Å². The number of amides is 4. The van der Waals surface area contributed by atoms with Crippen molar-refractivity contribution in [2.24, 2.45) is 16.7 Å². The number of likely N-dealkylation sites (tertiary alicyclic amines) is 1. The second-order valence-corrected chi connectivity index (χ2v) is 11.1. The molecule has 0 aromatic rings. The van der Waals surface area contributed by atoms with Gasteiger partial charge in [0, 0.05) is 19.0 Å². The highest BCUT2D eigenvalue weighted by molar-refractivity contribution is 5.94. The molecule has 2 aliphatic rings. The van der Waals surface area contributed by atoms with Crippen LogP contribution in [0.2, 0.25) is 0 Å². The molecule has 0 bridgehead atoms. The molecule has 0 spiro atoms. The lowest BCUT2D eigenvalue weighted by Crippen LogP contribution is -2.63. The van der Waals surface area contributed by atoms with E-state index in [9.17, 15) is 37.6 Å². The quantitative estimate of drug-likeness (QED) is 0.509. The normalized spacial score (nSPS) is 24.1. The van der Waals surface area contributed by atoms with Gasteiger partial charge in [-0.15, -0.1) is 0 Å². The van der Waals surface area contributed by atoms with Crippen LogP contribution >= 0.6 is 0 Å². The molecule has 2 fully saturated rings. The van der Waals surface area contributed by atoms with Gasteiger partial charge in [0.2, 0.25) is 17.7 Å². The molecule has 196 valence electrons. The van der Waals surface area contributed by atoms with Crippen molar-refractivity contribution in [1.29, 1.82) is 5.26 Å². The predicted octanol–water partition coefficient (Wildman–Crippen LogP) is 1.63. The van der Waals surface area contributed by atoms with Crippen LogP contribution in [0.15, 0.2) is 0 Å². The third kappa shape index (κ3) is 7.32. The van der Waals surface area contributed by atoms with E-state index < -0.39 is 53.4 Å². The molecular weight excluding hydrogens is 467 g/mol. The Morgan fingerprint density at radius 2 is 1.86 bits per heavy atom. The van der Waals surface area contributed by atoms with E-state index in [1.54, 1.807) is 5.32 Å². The number of nitrogens with one attached hydrogen (secondary N) is 3. The van der Waals surface area contributed by atoms with E-state index >= 15 is 0 Å². The second kappa shape index (κ2) is 10.4. The van der Waals surface area contributed by atoms with Crippen molar-refractivity contribution in [3.8, 4) is 6.07 Å². The lowest BCUT2D eigenvalue weighted by Gasteiger charge is -2.45. The molecule has 0 saturated carbocycles. The zero-order chi connectivity index (χ0) is 26.8. The standard InChI is InChI=1S/C23H34F3N5O4/c1-21(2,3)16(30-20(35)23(24,25)26)19(34)31-9-7-22(4,5)11-15(31)18(33)29-14(12-27)10-13-6-8-28-17(13)32/h13-16H,6-11H2,1-5H3,(H,28,32)(H,29,33)(H,30,35)/t13-,14-,15?,16+/m0/s1. The lowest BCUT2D eigenvalue weighted by molar-refractivity contribution is -0.176. The average Bonchev–Trinajstić information content (AvgIpc) is 3.12. The largest absolute Gasteiger partial charge is 0.471 e. The van der Waals surface area contributed by atoms with Crippen LogP contribution in [0.5, 0.6) is 0 Å². The summed E-state index contributed by atoms with van der Waals surface area (Å²) in [5.41, 5.74) is -1.42. The Balaban J connectivity index is 2.26. The van der Waals surface area contributed by atoms with E-state index in [0.29, 0.717) is 19.4 Å². The average molecular weight is 502 g/mol. The van der Waals surface area contributed by atoms with E-state index in [4.69, 9.17) is 0 Å². The van der Waals surface area contributed by atoms with E-state index in [-0.39, 0.29) is 30.7 Å². The molecule has 4 amide bonds. The molecule has 9 nitrogen and oxygen atoms in total. The fraction of sp³-hybridized carbons (Fsp3) is 0.783. The summed E-state index contributed by atoms with van der Waals surface area (Å²) in [6.07, 6.45) is -3.80. The minimum atomic E-state index is -5.17. The number of hydrogen-bond donors (Lipinski definition) is 3. The fourth-order valence-electron chi connectivity index (χ4n) is 4.41. The molecule has 0 radical (unpaired) electrons. The summed E-state index contributed by atoms with van der Waals surface area (Å²) in [6, 6.07) is -1.57. The Labute approximate surface area is 203 Å². The van der Waals surface area contributed by atoms with Gasteiger partial charge in [0.25, 0.3) is 0 Å². The van der Waals surface area contributed by atoms with Gasteiger partial charge in [-0.2, -0.15) is 18.4 Å². The topological polar surface area (TPSA) is 131 Å². The van der Waals surface area contributed by atoms with E-state index in [1.165, 1.54) is 25.7 Å². The molecular formula is C23H34F3N5O4. The Hall–Kier alpha value is -2.84. The van der Waals surface area contributed by atoms with Crippen molar-refractivity contribution in [2.45, 2.75) is 84.6 Å². The Kier molecular flexibility index (Phi) is 8.45. The van der Waals surface area contributed by atoms with Crippen molar-refractivity contribution >= 4 is 23.6 Å². The van der Waals surface area contributed by atoms with Crippen molar-refractivity contribution in [1.82, 2.24) is 20.9 Å². The highest BCUT2D eigenvalue weighted by atomic mass is 19.4. The van der Waals surface area contributed by atoms with Gasteiger partial charge in [-0.1, -0.05) is 34.6 Å². The summed E-state index contributed by atoms with van der Waals surface area (Å²) in [5, 5.41) is 16.6. The van der Waals surface area contributed by atoms with Crippen LogP contribution in [0.4, 0.5) is 13.2 Å². The monoisotopic (exact) mass is 501 g/mol. The van der Waals surface area contributed by atoms with Crippen LogP contribution in [-0.2, 0) is 19.2 Å². The van der Waals surface area contributed by atoms with Gasteiger partial charge in [-0.25, -0.2) is 0 Å². The zero-order valence-corrected chi connectivity index (χ0v) is 20.7. The fourth-order valence-corrected chi connectivity index (χ4v) is 4.41. The van der Waals surface area contributed by atoms with Gasteiger partial charge in [0.1, 0.15) is 18.1 Å². The molecule has 12 heteroatoms. The third-order valence-electron chi connectivity index (χ3n) is 6.54. The van der Waals surface area contributed by atoms with Crippen molar-refractivity contribution in [3.63, 3.8) is 0 Å². The van der Waals surface area contributed by atoms with Crippen LogP contribution in [0.25, 0.3) is 0 Å². The Morgan fingerprint density at radius 1 is 1.23 bits per heavy atom. The SMILES string of the molecule is CC1(C)CCN(C(=O)[C@@H](NC(=O)C(F)(F)F)C(C)(C)C)C(C(=O)N[C@H](C#N)C[C@@H]2CCNC2=O)C1. The van der Waals surface area contributed by atoms with Gasteiger partial charge in [0.15, 0.2) is 0 Å². The third-order valence-corrected chi connectivity index (χ3v) is 6.54. The second-order valence-electron chi connectivity index (χ2n) is 11.1. The highest BCUT2D eigenvalue weighted by Crippen LogP contribution is 2.35. The number of rotatable bonds is 6. The van der Waals surface area contributed by atoms with Crippen LogP contribution < -0.4 is 16.0 Å². The van der Waals surface area contributed by atoms with Gasteiger partial charge >= 0.3 is 12.1 Å². The molecule has 2 aliphatic heterocycles. The molecule has 0 aliphatic carbocycles. The zero-order valence-electron chi connectivity index (χ0n) is 20.7. The molecule has 2 saturated heterocycles. The van der Waals surface area contributed by atoms with Crippen LogP contribution in [0.1, 0.15) is 60.3 Å². The van der Waals surface area contributed by atoms with Crippen molar-refractivity contribution in [2.75, 3.05) is 13.1 Å². The Morgan fingerprint density at radius 3 is 2.34 bits per heavy atom. The predicted molar refractivity (Wildman–Crippen MR) is 119 cm³/mol. The molecule has 1 unspecified atom stereocenters. The van der Waals surface area contributed by atoms with E-state index in [0.717, 1.165) is 0 Å². The van der Waals surface area contributed by atoms with Gasteiger partial charge in [0.05, 0.1) is 6.07 Å². The summed E-state index contributed by atoms with van der Waals surface area (Å²) < 4.78 is 38.8. The summed E-state index contributed by atoms with van der Waals surface area (Å²) in [6.45, 7) is 8.97. The number of halogens is 3. The smallest absolute Gasteiger partial charge is 0.356 e. The Bertz CT molecular complexity index is 891. The first-order chi connectivity index (χ1) is 16.0. The number of nitriles is 1. The maximum Gasteiger partial charge on any atom is 0.471 e. The molecule has 35 heavy (non-hydrogen) atoms. The van der Waals surface area contributed by atoms with Gasteiger partial charge in [-0.3, -0.25) is 19.2 Å².